The zero-order chi connectivity index (χ0) is 13.4. The van der Waals surface area contributed by atoms with E-state index in [1.54, 1.807) is 18.9 Å². The summed E-state index contributed by atoms with van der Waals surface area (Å²) < 4.78 is 11.0. The third-order valence-electron chi connectivity index (χ3n) is 2.52. The molecule has 0 atom stereocenters. The van der Waals surface area contributed by atoms with Gasteiger partial charge in [-0.05, 0) is 12.3 Å². The van der Waals surface area contributed by atoms with E-state index >= 15 is 0 Å². The number of rotatable bonds is 8. The lowest BCUT2D eigenvalue weighted by molar-refractivity contribution is 0.334. The van der Waals surface area contributed by atoms with E-state index in [2.05, 4.69) is 31.5 Å². The van der Waals surface area contributed by atoms with Gasteiger partial charge < -0.3 is 14.8 Å². The Morgan fingerprint density at radius 2 is 2.11 bits per heavy atom. The largest absolute Gasteiger partial charge is 0.497 e. The van der Waals surface area contributed by atoms with Crippen LogP contribution in [0.15, 0.2) is 18.2 Å². The average molecular weight is 269 g/mol. The van der Waals surface area contributed by atoms with Gasteiger partial charge >= 0.3 is 0 Å². The van der Waals surface area contributed by atoms with E-state index in [4.69, 9.17) is 9.47 Å². The van der Waals surface area contributed by atoms with Crippen molar-refractivity contribution in [3.8, 4) is 11.5 Å². The molecule has 0 spiro atoms. The normalized spacial score (nSPS) is 10.7. The summed E-state index contributed by atoms with van der Waals surface area (Å²) in [6, 6.07) is 6.45. The third-order valence-corrected chi connectivity index (χ3v) is 3.10. The van der Waals surface area contributed by atoms with Crippen LogP contribution in [-0.4, -0.2) is 31.8 Å². The van der Waals surface area contributed by atoms with Gasteiger partial charge in [0.15, 0.2) is 0 Å². The highest BCUT2D eigenvalue weighted by Crippen LogP contribution is 2.25. The predicted octanol–water partition coefficient (Wildman–Crippen LogP) is 2.94. The number of benzene rings is 1. The standard InChI is InChI=1S/C14H23NO2S/c1-11(2)15-10-12-5-6-13(16-3)9-14(12)17-7-8-18-4/h5-6,9,11,15H,7-8,10H2,1-4H3. The summed E-state index contributed by atoms with van der Waals surface area (Å²) in [4.78, 5) is 0. The number of ether oxygens (including phenoxy) is 2. The van der Waals surface area contributed by atoms with E-state index in [1.807, 2.05) is 12.1 Å². The van der Waals surface area contributed by atoms with E-state index in [9.17, 15) is 0 Å². The van der Waals surface area contributed by atoms with Crippen LogP contribution in [0.3, 0.4) is 0 Å². The van der Waals surface area contributed by atoms with Crippen molar-refractivity contribution in [1.29, 1.82) is 0 Å². The lowest BCUT2D eigenvalue weighted by Gasteiger charge is -2.14. The topological polar surface area (TPSA) is 30.5 Å². The van der Waals surface area contributed by atoms with Crippen molar-refractivity contribution in [2.24, 2.45) is 0 Å². The molecule has 1 N–H and O–H groups in total. The maximum absolute atomic E-state index is 5.81. The summed E-state index contributed by atoms with van der Waals surface area (Å²) in [5.74, 6) is 2.74. The monoisotopic (exact) mass is 269 g/mol. The molecule has 0 saturated heterocycles. The Kier molecular flexibility index (Phi) is 6.98. The third kappa shape index (κ3) is 5.19. The lowest BCUT2D eigenvalue weighted by Crippen LogP contribution is -2.22. The second kappa shape index (κ2) is 8.27. The van der Waals surface area contributed by atoms with Crippen LogP contribution in [0.2, 0.25) is 0 Å². The van der Waals surface area contributed by atoms with Gasteiger partial charge in [0.1, 0.15) is 11.5 Å². The van der Waals surface area contributed by atoms with Gasteiger partial charge in [0.2, 0.25) is 0 Å². The molecule has 4 heteroatoms. The molecule has 1 aromatic rings. The minimum absolute atomic E-state index is 0.464. The molecule has 0 saturated carbocycles. The Hall–Kier alpha value is -0.870. The van der Waals surface area contributed by atoms with Crippen molar-refractivity contribution in [3.63, 3.8) is 0 Å². The molecular formula is C14H23NO2S. The first-order valence-corrected chi connectivity index (χ1v) is 7.58. The first kappa shape index (κ1) is 15.2. The van der Waals surface area contributed by atoms with Crippen molar-refractivity contribution in [1.82, 2.24) is 5.32 Å². The lowest BCUT2D eigenvalue weighted by atomic mass is 10.2. The van der Waals surface area contributed by atoms with Crippen LogP contribution in [-0.2, 0) is 6.54 Å². The van der Waals surface area contributed by atoms with Crippen molar-refractivity contribution in [2.75, 3.05) is 25.7 Å². The van der Waals surface area contributed by atoms with Gasteiger partial charge in [-0.1, -0.05) is 19.9 Å². The number of hydrogen-bond acceptors (Lipinski definition) is 4. The predicted molar refractivity (Wildman–Crippen MR) is 78.8 cm³/mol. The molecule has 0 aliphatic heterocycles. The van der Waals surface area contributed by atoms with Crippen LogP contribution in [0.25, 0.3) is 0 Å². The molecule has 0 radical (unpaired) electrons. The Bertz CT molecular complexity index is 356. The van der Waals surface area contributed by atoms with Gasteiger partial charge in [-0.2, -0.15) is 11.8 Å². The molecular weight excluding hydrogens is 246 g/mol. The molecule has 0 bridgehead atoms. The molecule has 102 valence electrons. The Balaban J connectivity index is 2.72. The van der Waals surface area contributed by atoms with Crippen molar-refractivity contribution >= 4 is 11.8 Å². The summed E-state index contributed by atoms with van der Waals surface area (Å²) in [5, 5.41) is 3.40. The second-order valence-electron chi connectivity index (χ2n) is 4.35. The average Bonchev–Trinajstić information content (AvgIpc) is 2.37. The summed E-state index contributed by atoms with van der Waals surface area (Å²) in [5.41, 5.74) is 1.17. The molecule has 3 nitrogen and oxygen atoms in total. The first-order valence-electron chi connectivity index (χ1n) is 6.19. The second-order valence-corrected chi connectivity index (χ2v) is 5.34. The summed E-state index contributed by atoms with van der Waals surface area (Å²) >= 11 is 1.78. The molecule has 0 fully saturated rings. The van der Waals surface area contributed by atoms with Crippen LogP contribution in [0.5, 0.6) is 11.5 Å². The smallest absolute Gasteiger partial charge is 0.127 e. The van der Waals surface area contributed by atoms with E-state index in [0.717, 1.165) is 30.4 Å². The van der Waals surface area contributed by atoms with Gasteiger partial charge in [0, 0.05) is 30.0 Å². The molecule has 0 amide bonds. The van der Waals surface area contributed by atoms with Gasteiger partial charge in [-0.15, -0.1) is 0 Å². The van der Waals surface area contributed by atoms with Crippen LogP contribution < -0.4 is 14.8 Å². The minimum atomic E-state index is 0.464. The molecule has 18 heavy (non-hydrogen) atoms. The summed E-state index contributed by atoms with van der Waals surface area (Å²) in [6.07, 6.45) is 2.08. The summed E-state index contributed by atoms with van der Waals surface area (Å²) in [7, 11) is 1.67. The molecule has 1 aromatic carbocycles. The highest BCUT2D eigenvalue weighted by atomic mass is 32.2. The Morgan fingerprint density at radius 1 is 1.33 bits per heavy atom. The molecule has 0 unspecified atom stereocenters. The Labute approximate surface area is 114 Å². The molecule has 0 aliphatic rings. The van der Waals surface area contributed by atoms with E-state index in [1.165, 1.54) is 5.56 Å². The fraction of sp³-hybridized carbons (Fsp3) is 0.571. The maximum Gasteiger partial charge on any atom is 0.127 e. The Morgan fingerprint density at radius 3 is 2.72 bits per heavy atom. The highest BCUT2D eigenvalue weighted by Gasteiger charge is 2.06. The van der Waals surface area contributed by atoms with E-state index < -0.39 is 0 Å². The highest BCUT2D eigenvalue weighted by molar-refractivity contribution is 7.98. The van der Waals surface area contributed by atoms with Crippen molar-refractivity contribution in [3.05, 3.63) is 23.8 Å². The number of methoxy groups -OCH3 is 1. The maximum atomic E-state index is 5.81. The zero-order valence-corrected chi connectivity index (χ0v) is 12.5. The first-order chi connectivity index (χ1) is 8.67. The molecule has 0 heterocycles. The zero-order valence-electron chi connectivity index (χ0n) is 11.7. The van der Waals surface area contributed by atoms with Gasteiger partial charge in [-0.3, -0.25) is 0 Å². The van der Waals surface area contributed by atoms with Crippen molar-refractivity contribution < 1.29 is 9.47 Å². The SMILES string of the molecule is COc1ccc(CNC(C)C)c(OCCSC)c1. The van der Waals surface area contributed by atoms with Gasteiger partial charge in [0.05, 0.1) is 13.7 Å². The van der Waals surface area contributed by atoms with Crippen LogP contribution in [0.4, 0.5) is 0 Å². The molecule has 1 rings (SSSR count). The van der Waals surface area contributed by atoms with E-state index in [0.29, 0.717) is 6.04 Å². The van der Waals surface area contributed by atoms with Crippen molar-refractivity contribution in [2.45, 2.75) is 26.4 Å². The summed E-state index contributed by atoms with van der Waals surface area (Å²) in [6.45, 7) is 5.81. The number of hydrogen-bond donors (Lipinski definition) is 1. The van der Waals surface area contributed by atoms with E-state index in [-0.39, 0.29) is 0 Å². The molecule has 0 aliphatic carbocycles. The van der Waals surface area contributed by atoms with Crippen LogP contribution >= 0.6 is 11.8 Å². The molecule has 0 aromatic heterocycles. The fourth-order valence-corrected chi connectivity index (χ4v) is 1.74. The number of thioether (sulfide) groups is 1. The van der Waals surface area contributed by atoms with Gasteiger partial charge in [0.25, 0.3) is 0 Å². The number of nitrogens with one attached hydrogen (secondary N) is 1. The quantitative estimate of drug-likeness (QED) is 0.735. The minimum Gasteiger partial charge on any atom is -0.497 e. The van der Waals surface area contributed by atoms with Crippen LogP contribution in [0.1, 0.15) is 19.4 Å². The van der Waals surface area contributed by atoms with Crippen LogP contribution in [0, 0.1) is 0 Å². The fourth-order valence-electron chi connectivity index (χ4n) is 1.49. The van der Waals surface area contributed by atoms with Gasteiger partial charge in [-0.25, -0.2) is 0 Å².